The van der Waals surface area contributed by atoms with Gasteiger partial charge in [-0.25, -0.2) is 0 Å². The van der Waals surface area contributed by atoms with Crippen LogP contribution in [0.4, 0.5) is 13.2 Å². The summed E-state index contributed by atoms with van der Waals surface area (Å²) in [5.41, 5.74) is 0.991. The molecular formula is C9H14ClF3. The Balaban J connectivity index is 3.53. The van der Waals surface area contributed by atoms with E-state index in [1.165, 1.54) is 0 Å². The highest BCUT2D eigenvalue weighted by Gasteiger charge is 2.25. The second kappa shape index (κ2) is 6.30. The van der Waals surface area contributed by atoms with Gasteiger partial charge in [-0.2, -0.15) is 13.2 Å². The van der Waals surface area contributed by atoms with Gasteiger partial charge in [0.2, 0.25) is 0 Å². The zero-order valence-corrected chi connectivity index (χ0v) is 8.38. The summed E-state index contributed by atoms with van der Waals surface area (Å²) in [6.45, 7) is 1.84. The van der Waals surface area contributed by atoms with Crippen molar-refractivity contribution >= 4 is 11.6 Å². The van der Waals surface area contributed by atoms with Crippen LogP contribution in [-0.4, -0.2) is 12.1 Å². The van der Waals surface area contributed by atoms with E-state index in [1.54, 1.807) is 0 Å². The van der Waals surface area contributed by atoms with E-state index in [4.69, 9.17) is 11.6 Å². The molecule has 0 heterocycles. The molecule has 0 aromatic carbocycles. The number of alkyl halides is 4. The van der Waals surface area contributed by atoms with Crippen LogP contribution in [0.3, 0.4) is 0 Å². The number of allylic oxidation sites excluding steroid dienone is 2. The van der Waals surface area contributed by atoms with E-state index in [9.17, 15) is 13.2 Å². The smallest absolute Gasteiger partial charge is 0.171 e. The summed E-state index contributed by atoms with van der Waals surface area (Å²) in [5.74, 6) is 0.524. The summed E-state index contributed by atoms with van der Waals surface area (Å²) in [7, 11) is 0. The summed E-state index contributed by atoms with van der Waals surface area (Å²) in [6, 6.07) is 0. The van der Waals surface area contributed by atoms with Crippen molar-refractivity contribution in [3.8, 4) is 0 Å². The monoisotopic (exact) mass is 214 g/mol. The lowest BCUT2D eigenvalue weighted by Gasteiger charge is -2.05. The van der Waals surface area contributed by atoms with E-state index in [1.807, 2.05) is 13.0 Å². The number of hydrogen-bond donors (Lipinski definition) is 0. The molecule has 0 aliphatic heterocycles. The van der Waals surface area contributed by atoms with Crippen LogP contribution >= 0.6 is 11.6 Å². The van der Waals surface area contributed by atoms with Gasteiger partial charge < -0.3 is 0 Å². The van der Waals surface area contributed by atoms with Crippen molar-refractivity contribution in [2.75, 3.05) is 5.88 Å². The zero-order chi connectivity index (χ0) is 10.3. The maximum atomic E-state index is 11.7. The van der Waals surface area contributed by atoms with Gasteiger partial charge in [0.15, 0.2) is 0 Å². The van der Waals surface area contributed by atoms with Gasteiger partial charge in [-0.3, -0.25) is 0 Å². The van der Waals surface area contributed by atoms with Crippen molar-refractivity contribution in [1.82, 2.24) is 0 Å². The molecule has 0 nitrogen and oxygen atoms in total. The first-order chi connectivity index (χ1) is 5.95. The van der Waals surface area contributed by atoms with Crippen LogP contribution in [0.2, 0.25) is 0 Å². The van der Waals surface area contributed by atoms with Crippen LogP contribution in [0.5, 0.6) is 0 Å². The van der Waals surface area contributed by atoms with Crippen molar-refractivity contribution in [1.29, 1.82) is 0 Å². The first kappa shape index (κ1) is 12.8. The average molecular weight is 215 g/mol. The first-order valence-corrected chi connectivity index (χ1v) is 4.77. The van der Waals surface area contributed by atoms with E-state index in [2.05, 4.69) is 0 Å². The fourth-order valence-electron chi connectivity index (χ4n) is 0.971. The largest absolute Gasteiger partial charge is 0.389 e. The molecule has 0 aliphatic rings. The van der Waals surface area contributed by atoms with Crippen molar-refractivity contribution in [2.24, 2.45) is 0 Å². The summed E-state index contributed by atoms with van der Waals surface area (Å²) in [6.07, 6.45) is -1.40. The lowest BCUT2D eigenvalue weighted by atomic mass is 10.1. The van der Waals surface area contributed by atoms with Gasteiger partial charge in [0, 0.05) is 12.3 Å². The van der Waals surface area contributed by atoms with Gasteiger partial charge in [-0.15, -0.1) is 11.6 Å². The predicted octanol–water partition coefficient (Wildman–Crippen LogP) is 4.29. The standard InChI is InChI=1S/C9H14ClF3/c1-8(5-3-7-10)4-2-6-9(11,12)13/h5H,2-4,6-7H2,1H3. The third-order valence-electron chi connectivity index (χ3n) is 1.63. The average Bonchev–Trinajstić information content (AvgIpc) is 1.98. The molecular weight excluding hydrogens is 201 g/mol. The molecule has 0 amide bonds. The van der Waals surface area contributed by atoms with E-state index in [-0.39, 0.29) is 6.42 Å². The minimum atomic E-state index is -4.02. The van der Waals surface area contributed by atoms with Gasteiger partial charge >= 0.3 is 6.18 Å². The number of rotatable bonds is 5. The minimum absolute atomic E-state index is 0.175. The topological polar surface area (TPSA) is 0 Å². The van der Waals surface area contributed by atoms with Crippen molar-refractivity contribution in [3.05, 3.63) is 11.6 Å². The van der Waals surface area contributed by atoms with Crippen LogP contribution < -0.4 is 0 Å². The molecule has 0 N–H and O–H groups in total. The van der Waals surface area contributed by atoms with Crippen LogP contribution in [0.25, 0.3) is 0 Å². The second-order valence-corrected chi connectivity index (χ2v) is 3.37. The highest BCUT2D eigenvalue weighted by atomic mass is 35.5. The number of halogens is 4. The molecule has 0 spiro atoms. The second-order valence-electron chi connectivity index (χ2n) is 3.00. The van der Waals surface area contributed by atoms with Gasteiger partial charge in [0.25, 0.3) is 0 Å². The normalized spacial score (nSPS) is 13.5. The molecule has 4 heteroatoms. The minimum Gasteiger partial charge on any atom is -0.171 e. The Morgan fingerprint density at radius 1 is 1.38 bits per heavy atom. The quantitative estimate of drug-likeness (QED) is 0.473. The predicted molar refractivity (Wildman–Crippen MR) is 49.0 cm³/mol. The SMILES string of the molecule is CC(=CCCCl)CCCC(F)(F)F. The molecule has 0 fully saturated rings. The molecule has 0 bridgehead atoms. The highest BCUT2D eigenvalue weighted by molar-refractivity contribution is 6.17. The maximum Gasteiger partial charge on any atom is 0.389 e. The van der Waals surface area contributed by atoms with Crippen LogP contribution in [-0.2, 0) is 0 Å². The third kappa shape index (κ3) is 9.74. The third-order valence-corrected chi connectivity index (χ3v) is 1.85. The molecule has 0 unspecified atom stereocenters. The van der Waals surface area contributed by atoms with Crippen molar-refractivity contribution in [3.63, 3.8) is 0 Å². The van der Waals surface area contributed by atoms with E-state index >= 15 is 0 Å². The summed E-state index contributed by atoms with van der Waals surface area (Å²) in [4.78, 5) is 0. The summed E-state index contributed by atoms with van der Waals surface area (Å²) in [5, 5.41) is 0. The molecule has 0 radical (unpaired) electrons. The van der Waals surface area contributed by atoms with Crippen molar-refractivity contribution in [2.45, 2.75) is 38.8 Å². The highest BCUT2D eigenvalue weighted by Crippen LogP contribution is 2.23. The van der Waals surface area contributed by atoms with Crippen molar-refractivity contribution < 1.29 is 13.2 Å². The Labute approximate surface area is 81.8 Å². The molecule has 0 aliphatic carbocycles. The molecule has 0 aromatic heterocycles. The Morgan fingerprint density at radius 2 is 2.00 bits per heavy atom. The summed E-state index contributed by atoms with van der Waals surface area (Å²) < 4.78 is 35.2. The molecule has 0 saturated heterocycles. The number of hydrogen-bond acceptors (Lipinski definition) is 0. The Hall–Kier alpha value is -0.180. The molecule has 0 saturated carbocycles. The lowest BCUT2D eigenvalue weighted by Crippen LogP contribution is -2.06. The fourth-order valence-corrected chi connectivity index (χ4v) is 1.08. The fraction of sp³-hybridized carbons (Fsp3) is 0.778. The van der Waals surface area contributed by atoms with Gasteiger partial charge in [-0.1, -0.05) is 11.6 Å². The van der Waals surface area contributed by atoms with Gasteiger partial charge in [-0.05, 0) is 26.2 Å². The maximum absolute atomic E-state index is 11.7. The van der Waals surface area contributed by atoms with Crippen LogP contribution in [0.1, 0.15) is 32.6 Å². The molecule has 0 aromatic rings. The van der Waals surface area contributed by atoms with Gasteiger partial charge in [0.05, 0.1) is 0 Å². The molecule has 0 atom stereocenters. The zero-order valence-electron chi connectivity index (χ0n) is 7.62. The molecule has 13 heavy (non-hydrogen) atoms. The lowest BCUT2D eigenvalue weighted by molar-refractivity contribution is -0.135. The van der Waals surface area contributed by atoms with E-state index in [0.717, 1.165) is 12.0 Å². The summed E-state index contributed by atoms with van der Waals surface area (Å²) >= 11 is 5.43. The Morgan fingerprint density at radius 3 is 2.46 bits per heavy atom. The molecule has 0 rings (SSSR count). The Kier molecular flexibility index (Phi) is 6.21. The van der Waals surface area contributed by atoms with E-state index < -0.39 is 12.6 Å². The van der Waals surface area contributed by atoms with Gasteiger partial charge in [0.1, 0.15) is 0 Å². The first-order valence-electron chi connectivity index (χ1n) is 4.24. The molecule has 78 valence electrons. The van der Waals surface area contributed by atoms with E-state index in [0.29, 0.717) is 12.3 Å². The Bertz CT molecular complexity index is 161. The van der Waals surface area contributed by atoms with Crippen LogP contribution in [0.15, 0.2) is 11.6 Å². The van der Waals surface area contributed by atoms with Crippen LogP contribution in [0, 0.1) is 0 Å².